The van der Waals surface area contributed by atoms with E-state index in [1.54, 1.807) is 11.0 Å². The monoisotopic (exact) mass is 442 g/mol. The van der Waals surface area contributed by atoms with Gasteiger partial charge < -0.3 is 20.4 Å². The Morgan fingerprint density at radius 2 is 1.67 bits per heavy atom. The summed E-state index contributed by atoms with van der Waals surface area (Å²) in [5.74, 6) is -0.353. The molecule has 1 fully saturated rings. The number of para-hydroxylation sites is 1. The minimum atomic E-state index is -0.251. The van der Waals surface area contributed by atoms with Crippen LogP contribution in [0.5, 0.6) is 0 Å². The van der Waals surface area contributed by atoms with E-state index in [9.17, 15) is 14.4 Å². The van der Waals surface area contributed by atoms with E-state index in [4.69, 9.17) is 0 Å². The van der Waals surface area contributed by atoms with Crippen LogP contribution >= 0.6 is 0 Å². The number of rotatable bonds is 4. The molecule has 0 aromatic heterocycles. The van der Waals surface area contributed by atoms with E-state index >= 15 is 0 Å². The zero-order valence-corrected chi connectivity index (χ0v) is 18.3. The lowest BCUT2D eigenvalue weighted by atomic mass is 10.0. The highest BCUT2D eigenvalue weighted by atomic mass is 16.2. The summed E-state index contributed by atoms with van der Waals surface area (Å²) < 4.78 is 0. The summed E-state index contributed by atoms with van der Waals surface area (Å²) in [5.41, 5.74) is 2.54. The first kappa shape index (κ1) is 21.0. The van der Waals surface area contributed by atoms with Crippen molar-refractivity contribution < 1.29 is 14.4 Å². The van der Waals surface area contributed by atoms with Crippen LogP contribution in [0.25, 0.3) is 10.8 Å². The number of nitrogens with zero attached hydrogens (tertiary/aromatic N) is 2. The maximum atomic E-state index is 12.7. The first-order valence-electron chi connectivity index (χ1n) is 11.3. The first-order valence-corrected chi connectivity index (χ1v) is 11.3. The number of nitrogens with one attached hydrogen (secondary N) is 2. The Bertz CT molecular complexity index is 1210. The number of hydrogen-bond donors (Lipinski definition) is 2. The molecule has 0 spiro atoms. The molecule has 2 aliphatic heterocycles. The molecule has 3 aromatic rings. The summed E-state index contributed by atoms with van der Waals surface area (Å²) in [5, 5.41) is 7.59. The van der Waals surface area contributed by atoms with Gasteiger partial charge in [-0.2, -0.15) is 0 Å². The van der Waals surface area contributed by atoms with E-state index in [2.05, 4.69) is 10.6 Å². The summed E-state index contributed by atoms with van der Waals surface area (Å²) in [7, 11) is 0. The number of carbonyl (C=O) groups excluding carboxylic acids is 3. The van der Waals surface area contributed by atoms with Crippen molar-refractivity contribution in [3.05, 3.63) is 77.9 Å². The number of piperidine rings is 1. The van der Waals surface area contributed by atoms with E-state index < -0.39 is 0 Å². The van der Waals surface area contributed by atoms with Gasteiger partial charge in [0.15, 0.2) is 0 Å². The van der Waals surface area contributed by atoms with Crippen LogP contribution in [-0.4, -0.2) is 53.3 Å². The molecule has 0 unspecified atom stereocenters. The zero-order chi connectivity index (χ0) is 22.8. The lowest BCUT2D eigenvalue weighted by Gasteiger charge is -2.40. The maximum Gasteiger partial charge on any atom is 0.322 e. The van der Waals surface area contributed by atoms with E-state index in [0.717, 1.165) is 34.9 Å². The molecule has 168 valence electrons. The van der Waals surface area contributed by atoms with Crippen LogP contribution in [0.3, 0.4) is 0 Å². The van der Waals surface area contributed by atoms with Gasteiger partial charge in [-0.3, -0.25) is 9.59 Å². The van der Waals surface area contributed by atoms with Gasteiger partial charge in [0, 0.05) is 36.9 Å². The third kappa shape index (κ3) is 4.26. The SMILES string of the molecule is O=C(NCC(=O)N1CCC(N2Cc3ccccc3NC2=O)CC1)c1cccc2ccccc12. The molecular formula is C26H26N4O3. The molecule has 33 heavy (non-hydrogen) atoms. The van der Waals surface area contributed by atoms with E-state index in [0.29, 0.717) is 25.2 Å². The molecule has 4 amide bonds. The molecule has 0 saturated carbocycles. The van der Waals surface area contributed by atoms with Crippen molar-refractivity contribution in [2.45, 2.75) is 25.4 Å². The summed E-state index contributed by atoms with van der Waals surface area (Å²) in [4.78, 5) is 41.6. The summed E-state index contributed by atoms with van der Waals surface area (Å²) in [6, 6.07) is 21.1. The van der Waals surface area contributed by atoms with Gasteiger partial charge in [-0.15, -0.1) is 0 Å². The third-order valence-corrected chi connectivity index (χ3v) is 6.55. The normalized spacial score (nSPS) is 16.3. The molecule has 7 heteroatoms. The number of urea groups is 1. The smallest absolute Gasteiger partial charge is 0.322 e. The van der Waals surface area contributed by atoms with Gasteiger partial charge in [0.2, 0.25) is 5.91 Å². The van der Waals surface area contributed by atoms with Crippen molar-refractivity contribution in [2.75, 3.05) is 25.0 Å². The van der Waals surface area contributed by atoms with E-state index in [-0.39, 0.29) is 30.4 Å². The second-order valence-corrected chi connectivity index (χ2v) is 8.54. The molecule has 2 aliphatic rings. The molecule has 2 N–H and O–H groups in total. The summed E-state index contributed by atoms with van der Waals surface area (Å²) >= 11 is 0. The minimum Gasteiger partial charge on any atom is -0.343 e. The number of benzene rings is 3. The molecule has 2 heterocycles. The van der Waals surface area contributed by atoms with Gasteiger partial charge >= 0.3 is 6.03 Å². The number of likely N-dealkylation sites (tertiary alicyclic amines) is 1. The zero-order valence-electron chi connectivity index (χ0n) is 18.3. The second kappa shape index (κ2) is 8.94. The quantitative estimate of drug-likeness (QED) is 0.648. The summed E-state index contributed by atoms with van der Waals surface area (Å²) in [6.07, 6.45) is 1.44. The largest absolute Gasteiger partial charge is 0.343 e. The molecule has 3 aromatic carbocycles. The first-order chi connectivity index (χ1) is 16.1. The van der Waals surface area contributed by atoms with Gasteiger partial charge in [0.05, 0.1) is 6.54 Å². The van der Waals surface area contributed by atoms with Crippen LogP contribution < -0.4 is 10.6 Å². The fraction of sp³-hybridized carbons (Fsp3) is 0.269. The summed E-state index contributed by atoms with van der Waals surface area (Å²) in [6.45, 7) is 1.68. The van der Waals surface area contributed by atoms with Crippen LogP contribution in [0.15, 0.2) is 66.7 Å². The third-order valence-electron chi connectivity index (χ3n) is 6.55. The van der Waals surface area contributed by atoms with Crippen molar-refractivity contribution in [3.8, 4) is 0 Å². The Morgan fingerprint density at radius 1 is 0.939 bits per heavy atom. The predicted molar refractivity (Wildman–Crippen MR) is 127 cm³/mol. The maximum absolute atomic E-state index is 12.7. The van der Waals surface area contributed by atoms with Crippen molar-refractivity contribution in [3.63, 3.8) is 0 Å². The van der Waals surface area contributed by atoms with Crippen LogP contribution in [-0.2, 0) is 11.3 Å². The lowest BCUT2D eigenvalue weighted by molar-refractivity contribution is -0.131. The van der Waals surface area contributed by atoms with Crippen LogP contribution in [0.1, 0.15) is 28.8 Å². The van der Waals surface area contributed by atoms with Gasteiger partial charge in [0.25, 0.3) is 5.91 Å². The molecule has 0 atom stereocenters. The molecule has 0 bridgehead atoms. The minimum absolute atomic E-state index is 0.0374. The van der Waals surface area contributed by atoms with Crippen LogP contribution in [0.4, 0.5) is 10.5 Å². The van der Waals surface area contributed by atoms with Crippen molar-refractivity contribution in [2.24, 2.45) is 0 Å². The van der Waals surface area contributed by atoms with Gasteiger partial charge in [0.1, 0.15) is 0 Å². The fourth-order valence-corrected chi connectivity index (χ4v) is 4.73. The van der Waals surface area contributed by atoms with Crippen molar-refractivity contribution >= 4 is 34.3 Å². The Labute approximate surface area is 192 Å². The van der Waals surface area contributed by atoms with Crippen LogP contribution in [0, 0.1) is 0 Å². The number of anilines is 1. The number of hydrogen-bond acceptors (Lipinski definition) is 3. The molecule has 0 aliphatic carbocycles. The predicted octanol–water partition coefficient (Wildman–Crippen LogP) is 3.61. The fourth-order valence-electron chi connectivity index (χ4n) is 4.73. The van der Waals surface area contributed by atoms with Gasteiger partial charge in [-0.05, 0) is 41.3 Å². The average molecular weight is 443 g/mol. The molecule has 7 nitrogen and oxygen atoms in total. The Hall–Kier alpha value is -3.87. The molecule has 1 saturated heterocycles. The second-order valence-electron chi connectivity index (χ2n) is 8.54. The van der Waals surface area contributed by atoms with Gasteiger partial charge in [-0.1, -0.05) is 54.6 Å². The highest BCUT2D eigenvalue weighted by Gasteiger charge is 2.32. The standard InChI is InChI=1S/C26H26N4O3/c31-24(16-27-25(32)22-10-5-8-18-6-1-3-9-21(18)22)29-14-12-20(13-15-29)30-17-19-7-2-4-11-23(19)28-26(30)33/h1-11,20H,12-17H2,(H,27,32)(H,28,33). The Kier molecular flexibility index (Phi) is 5.69. The molecule has 0 radical (unpaired) electrons. The van der Waals surface area contributed by atoms with E-state index in [1.807, 2.05) is 65.6 Å². The topological polar surface area (TPSA) is 81.8 Å². The Morgan fingerprint density at radius 3 is 2.52 bits per heavy atom. The van der Waals surface area contributed by atoms with Crippen molar-refractivity contribution in [1.82, 2.24) is 15.1 Å². The lowest BCUT2D eigenvalue weighted by Crippen LogP contribution is -2.52. The number of carbonyl (C=O) groups is 3. The number of fused-ring (bicyclic) bond motifs is 2. The van der Waals surface area contributed by atoms with E-state index in [1.165, 1.54) is 0 Å². The van der Waals surface area contributed by atoms with Crippen molar-refractivity contribution in [1.29, 1.82) is 0 Å². The number of amides is 4. The van der Waals surface area contributed by atoms with Crippen LogP contribution in [0.2, 0.25) is 0 Å². The Balaban J connectivity index is 1.15. The van der Waals surface area contributed by atoms with Gasteiger partial charge in [-0.25, -0.2) is 4.79 Å². The highest BCUT2D eigenvalue weighted by molar-refractivity contribution is 6.07. The molecule has 5 rings (SSSR count). The highest BCUT2D eigenvalue weighted by Crippen LogP contribution is 2.27. The molecular weight excluding hydrogens is 416 g/mol. The average Bonchev–Trinajstić information content (AvgIpc) is 2.86.